The molecular weight excluding hydrogens is 871 g/mol. The van der Waals surface area contributed by atoms with Crippen LogP contribution in [0.2, 0.25) is 0 Å². The van der Waals surface area contributed by atoms with E-state index in [1.54, 1.807) is 19.9 Å². The summed E-state index contributed by atoms with van der Waals surface area (Å²) in [6.07, 6.45) is -5.61. The number of pyridine rings is 2. The van der Waals surface area contributed by atoms with Crippen molar-refractivity contribution in [3.05, 3.63) is 65.7 Å². The molecule has 0 unspecified atom stereocenters. The van der Waals surface area contributed by atoms with Crippen LogP contribution in [0.4, 0.5) is 17.6 Å². The van der Waals surface area contributed by atoms with E-state index < -0.39 is 89.9 Å². The van der Waals surface area contributed by atoms with Crippen LogP contribution < -0.4 is 24.8 Å². The van der Waals surface area contributed by atoms with Crippen molar-refractivity contribution in [1.29, 1.82) is 0 Å². The first-order valence-corrected chi connectivity index (χ1v) is 20.3. The van der Waals surface area contributed by atoms with Gasteiger partial charge in [-0.1, -0.05) is 13.8 Å². The highest BCUT2D eigenvalue weighted by atomic mass is 32.1. The third-order valence-corrected chi connectivity index (χ3v) is 11.2. The van der Waals surface area contributed by atoms with Gasteiger partial charge in [0.05, 0.1) is 50.4 Å². The predicted octanol–water partition coefficient (Wildman–Crippen LogP) is 3.39. The van der Waals surface area contributed by atoms with Crippen molar-refractivity contribution in [3.63, 3.8) is 0 Å². The van der Waals surface area contributed by atoms with Gasteiger partial charge in [-0.15, -0.1) is 12.6 Å². The van der Waals surface area contributed by atoms with Gasteiger partial charge >= 0.3 is 12.2 Å². The Morgan fingerprint density at radius 1 is 1.06 bits per heavy atom. The summed E-state index contributed by atoms with van der Waals surface area (Å²) in [4.78, 5) is 84.8. The highest BCUT2D eigenvalue weighted by Gasteiger charge is 2.49. The maximum Gasteiger partial charge on any atom is 0.391 e. The van der Waals surface area contributed by atoms with E-state index in [0.29, 0.717) is 16.3 Å². The first kappa shape index (κ1) is 48.8. The molecule has 3 aromatic heterocycles. The quantitative estimate of drug-likeness (QED) is 0.146. The van der Waals surface area contributed by atoms with E-state index in [4.69, 9.17) is 18.7 Å². The zero-order valence-corrected chi connectivity index (χ0v) is 37.0. The van der Waals surface area contributed by atoms with Crippen LogP contribution in [0.5, 0.6) is 17.5 Å². The Labute approximate surface area is 370 Å². The number of benzene rings is 1. The summed E-state index contributed by atoms with van der Waals surface area (Å²) in [5.41, 5.74) is 0.152. The number of nitrogens with zero attached hydrogens (tertiary/aromatic N) is 7. The van der Waals surface area contributed by atoms with Crippen LogP contribution in [0.25, 0.3) is 10.9 Å². The van der Waals surface area contributed by atoms with Crippen LogP contribution in [0, 0.1) is 11.7 Å². The number of aromatic nitrogens is 4. The largest absolute Gasteiger partial charge is 0.497 e. The fraction of sp³-hybridized carbons (Fsp3) is 0.488. The SMILES string of the molecule is COc1ccnc(C[C@@H]2COc3ccc4ncc(F)cc4c3C(=O)N(C)[C@H](C(=O)NCCc3nc(OC)no3)CC(=O)N(C)[C@](S)(CC(C)C)C(=O)N(C)[C@H](CC(F)(F)F)C(=O)N2)c1. The second kappa shape index (κ2) is 20.5. The monoisotopic (exact) mass is 919 g/mol. The summed E-state index contributed by atoms with van der Waals surface area (Å²) in [7, 11) is 6.15. The lowest BCUT2D eigenvalue weighted by Gasteiger charge is -2.42. The van der Waals surface area contributed by atoms with Crippen LogP contribution >= 0.6 is 12.6 Å². The molecule has 4 aromatic rings. The Morgan fingerprint density at radius 3 is 2.45 bits per heavy atom. The smallest absolute Gasteiger partial charge is 0.391 e. The summed E-state index contributed by atoms with van der Waals surface area (Å²) in [5.74, 6) is -6.08. The molecule has 0 aliphatic carbocycles. The Kier molecular flexibility index (Phi) is 15.6. The molecule has 64 heavy (non-hydrogen) atoms. The number of carbonyl (C=O) groups is 5. The number of thiol groups is 1. The van der Waals surface area contributed by atoms with Crippen molar-refractivity contribution in [1.82, 2.24) is 45.4 Å². The van der Waals surface area contributed by atoms with Crippen molar-refractivity contribution in [2.24, 2.45) is 5.92 Å². The molecule has 18 nitrogen and oxygen atoms in total. The zero-order valence-electron chi connectivity index (χ0n) is 36.1. The van der Waals surface area contributed by atoms with Gasteiger partial charge in [-0.25, -0.2) is 4.39 Å². The number of alkyl halides is 3. The molecule has 0 radical (unpaired) electrons. The van der Waals surface area contributed by atoms with E-state index in [1.807, 2.05) is 0 Å². The summed E-state index contributed by atoms with van der Waals surface area (Å²) in [6, 6.07) is 1.78. The van der Waals surface area contributed by atoms with E-state index >= 15 is 0 Å². The molecule has 2 N–H and O–H groups in total. The van der Waals surface area contributed by atoms with E-state index in [0.717, 1.165) is 29.1 Å². The summed E-state index contributed by atoms with van der Waals surface area (Å²) < 4.78 is 79.5. The molecule has 5 amide bonds. The number of nitrogens with one attached hydrogen (secondary N) is 2. The van der Waals surface area contributed by atoms with Gasteiger partial charge in [-0.2, -0.15) is 18.2 Å². The molecule has 1 aromatic carbocycles. The molecule has 4 atom stereocenters. The second-order valence-corrected chi connectivity index (χ2v) is 16.3. The van der Waals surface area contributed by atoms with Gasteiger partial charge in [0.2, 0.25) is 23.6 Å². The second-order valence-electron chi connectivity index (χ2n) is 15.5. The third-order valence-electron chi connectivity index (χ3n) is 10.5. The van der Waals surface area contributed by atoms with E-state index in [2.05, 4.69) is 43.4 Å². The minimum atomic E-state index is -4.97. The van der Waals surface area contributed by atoms with Gasteiger partial charge < -0.3 is 44.1 Å². The minimum Gasteiger partial charge on any atom is -0.497 e. The lowest BCUT2D eigenvalue weighted by atomic mass is 9.98. The number of fused-ring (bicyclic) bond motifs is 3. The van der Waals surface area contributed by atoms with Gasteiger partial charge in [-0.05, 0) is 41.8 Å². The average molecular weight is 920 g/mol. The standard InChI is InChI=1S/C41H49F4N9O9S/c1-22(2)18-40(64)38(59)53(4)30(19-41(43,44)45)36(57)49-25(15-24-16-26(60-6)10-12-46-24)21-62-31-9-8-28-27(14-23(42)20-48-28)34(31)37(58)52(3)29(17-33(55)54(40)5)35(56)47-13-11-32-50-39(61-7)51-63-32/h8-10,12,14,16,20,22,25,29-30,64H,11,13,15,17-19,21H2,1-7H3,(H,47,56)(H,49,57)/t25-,29+,30-,40+/m1/s1. The minimum absolute atomic E-state index is 0.000138. The van der Waals surface area contributed by atoms with Crippen LogP contribution in [0.1, 0.15) is 55.1 Å². The molecule has 346 valence electrons. The van der Waals surface area contributed by atoms with Crippen molar-refractivity contribution in [2.75, 3.05) is 48.5 Å². The molecule has 1 aliphatic heterocycles. The summed E-state index contributed by atoms with van der Waals surface area (Å²) >= 11 is 4.67. The Balaban J connectivity index is 1.68. The first-order chi connectivity index (χ1) is 30.1. The molecule has 0 bridgehead atoms. The number of carbonyl (C=O) groups excluding carboxylic acids is 5. The molecule has 0 saturated heterocycles. The Morgan fingerprint density at radius 2 is 1.80 bits per heavy atom. The number of amides is 5. The number of ether oxygens (including phenoxy) is 3. The van der Waals surface area contributed by atoms with Gasteiger partial charge in [0.1, 0.15) is 36.0 Å². The summed E-state index contributed by atoms with van der Waals surface area (Å²) in [6.45, 7) is 2.71. The highest BCUT2D eigenvalue weighted by molar-refractivity contribution is 7.82. The number of hydrogen-bond acceptors (Lipinski definition) is 14. The van der Waals surface area contributed by atoms with Crippen molar-refractivity contribution < 1.29 is 60.3 Å². The number of halogens is 4. The van der Waals surface area contributed by atoms with Gasteiger partial charge in [0.25, 0.3) is 11.8 Å². The topological polar surface area (TPSA) is 212 Å². The van der Waals surface area contributed by atoms with E-state index in [9.17, 15) is 41.5 Å². The van der Waals surface area contributed by atoms with Crippen molar-refractivity contribution in [3.8, 4) is 17.5 Å². The Hall–Kier alpha value is -6.26. The van der Waals surface area contributed by atoms with Crippen LogP contribution in [0.3, 0.4) is 0 Å². The van der Waals surface area contributed by atoms with Crippen LogP contribution in [-0.4, -0.2) is 142 Å². The number of methoxy groups -OCH3 is 2. The molecule has 5 rings (SSSR count). The Bertz CT molecular complexity index is 2350. The van der Waals surface area contributed by atoms with Crippen molar-refractivity contribution in [2.45, 2.75) is 75.1 Å². The maximum atomic E-state index is 14.9. The molecule has 0 fully saturated rings. The maximum absolute atomic E-state index is 14.9. The van der Waals surface area contributed by atoms with Gasteiger partial charge in [0, 0.05) is 63.9 Å². The normalized spacial score (nSPS) is 20.8. The van der Waals surface area contributed by atoms with Gasteiger partial charge in [0.15, 0.2) is 4.87 Å². The van der Waals surface area contributed by atoms with E-state index in [1.165, 1.54) is 52.7 Å². The molecule has 4 heterocycles. The number of hydrogen-bond donors (Lipinski definition) is 3. The van der Waals surface area contributed by atoms with Crippen LogP contribution in [-0.2, 0) is 32.0 Å². The molecular formula is C41H49F4N9O9S. The molecule has 0 saturated carbocycles. The lowest BCUT2D eigenvalue weighted by Crippen LogP contribution is -2.62. The highest BCUT2D eigenvalue weighted by Crippen LogP contribution is 2.35. The lowest BCUT2D eigenvalue weighted by molar-refractivity contribution is -0.165. The molecule has 1 aliphatic rings. The number of likely N-dealkylation sites (N-methyl/N-ethyl adjacent to an activating group) is 3. The predicted molar refractivity (Wildman–Crippen MR) is 223 cm³/mol. The zero-order chi connectivity index (χ0) is 47.1. The summed E-state index contributed by atoms with van der Waals surface area (Å²) in [5, 5.41) is 8.79. The third kappa shape index (κ3) is 11.6. The van der Waals surface area contributed by atoms with Crippen LogP contribution in [0.15, 0.2) is 47.2 Å². The number of rotatable bonds is 11. The molecule has 23 heteroatoms. The van der Waals surface area contributed by atoms with E-state index in [-0.39, 0.29) is 59.9 Å². The molecule has 0 spiro atoms. The van der Waals surface area contributed by atoms with Gasteiger partial charge in [-0.3, -0.25) is 33.9 Å². The fourth-order valence-electron chi connectivity index (χ4n) is 7.13. The fourth-order valence-corrected chi connectivity index (χ4v) is 7.77. The average Bonchev–Trinajstić information content (AvgIpc) is 3.72. The van der Waals surface area contributed by atoms with Crippen molar-refractivity contribution >= 4 is 53.1 Å². The first-order valence-electron chi connectivity index (χ1n) is 19.9.